The van der Waals surface area contributed by atoms with Gasteiger partial charge in [0.2, 0.25) is 29.6 Å². The normalized spacial score (nSPS) is 20.0. The molecule has 4 N–H and O–H groups in total. The van der Waals surface area contributed by atoms with Crippen LogP contribution >= 0.6 is 0 Å². The molecule has 3 atom stereocenters. The van der Waals surface area contributed by atoms with Crippen LogP contribution in [-0.4, -0.2) is 60.4 Å². The van der Waals surface area contributed by atoms with Crippen LogP contribution in [0.5, 0.6) is 11.5 Å². The molecule has 9 nitrogen and oxygen atoms in total. The van der Waals surface area contributed by atoms with Gasteiger partial charge in [-0.15, -0.1) is 0 Å². The van der Waals surface area contributed by atoms with Gasteiger partial charge in [-0.3, -0.25) is 19.2 Å². The first-order chi connectivity index (χ1) is 19.6. The largest absolute Gasteiger partial charge is 0.457 e. The Hall–Kier alpha value is -4.23. The molecule has 3 rings (SSSR count). The summed E-state index contributed by atoms with van der Waals surface area (Å²) in [6.07, 6.45) is -6.47. The van der Waals surface area contributed by atoms with Gasteiger partial charge < -0.3 is 26.0 Å². The number of ether oxygens (including phenoxy) is 1. The minimum Gasteiger partial charge on any atom is -0.457 e. The monoisotopic (exact) mass is 598 g/mol. The highest BCUT2D eigenvalue weighted by atomic mass is 19.4. The first-order valence-corrected chi connectivity index (χ1v) is 13.0. The molecule has 0 aromatic heterocycles. The standard InChI is InChI=1S/C28H31F5N4O5/c1-16(38)35-23-14-18-6-4-8-20(12-18)42-19-7-3-5-17(11-19)13-22(24(39)34-15-28(31,32)33)37-25(40)21(36-26(23)41)9-10-27(2,29)30/h3-8,11-12,21-23H,9-10,13-15H2,1-2H3,(H,34,39)(H,35,38)(H,36,41)(H,37,40)/t21-,22-,23-/m0/s1. The molecule has 1 heterocycles. The van der Waals surface area contributed by atoms with E-state index in [1.165, 1.54) is 13.0 Å². The van der Waals surface area contributed by atoms with E-state index in [-0.39, 0.29) is 12.8 Å². The number of hydrogen-bond acceptors (Lipinski definition) is 5. The molecule has 0 saturated carbocycles. The molecule has 1 aliphatic rings. The minimum absolute atomic E-state index is 0.0522. The highest BCUT2D eigenvalue weighted by Crippen LogP contribution is 2.25. The van der Waals surface area contributed by atoms with E-state index < -0.39 is 73.2 Å². The number of alkyl halides is 5. The molecule has 0 aliphatic carbocycles. The van der Waals surface area contributed by atoms with Crippen LogP contribution < -0.4 is 26.0 Å². The number of nitrogens with one attached hydrogen (secondary N) is 4. The first kappa shape index (κ1) is 32.3. The fourth-order valence-electron chi connectivity index (χ4n) is 4.27. The lowest BCUT2D eigenvalue weighted by atomic mass is 10.0. The lowest BCUT2D eigenvalue weighted by Gasteiger charge is -2.26. The summed E-state index contributed by atoms with van der Waals surface area (Å²) in [6.45, 7) is 0.126. The second-order valence-corrected chi connectivity index (χ2v) is 10.1. The van der Waals surface area contributed by atoms with Crippen molar-refractivity contribution in [1.82, 2.24) is 21.3 Å². The molecule has 14 heteroatoms. The van der Waals surface area contributed by atoms with Crippen LogP contribution in [0, 0.1) is 0 Å². The van der Waals surface area contributed by atoms with Crippen LogP contribution in [-0.2, 0) is 32.0 Å². The fourth-order valence-corrected chi connectivity index (χ4v) is 4.27. The van der Waals surface area contributed by atoms with Crippen molar-refractivity contribution in [2.75, 3.05) is 6.54 Å². The average molecular weight is 599 g/mol. The number of fused-ring (bicyclic) bond motifs is 4. The van der Waals surface area contributed by atoms with E-state index >= 15 is 0 Å². The summed E-state index contributed by atoms with van der Waals surface area (Å²) in [5.74, 6) is -6.22. The Morgan fingerprint density at radius 1 is 0.929 bits per heavy atom. The number of carbonyl (C=O) groups is 4. The molecule has 228 valence electrons. The fraction of sp³-hybridized carbons (Fsp3) is 0.429. The molecule has 42 heavy (non-hydrogen) atoms. The van der Waals surface area contributed by atoms with Gasteiger partial charge in [-0.05, 0) is 48.7 Å². The average Bonchev–Trinajstić information content (AvgIpc) is 2.87. The van der Waals surface area contributed by atoms with Crippen molar-refractivity contribution in [3.8, 4) is 11.5 Å². The summed E-state index contributed by atoms with van der Waals surface area (Å²) in [7, 11) is 0. The molecule has 0 spiro atoms. The van der Waals surface area contributed by atoms with Gasteiger partial charge >= 0.3 is 6.18 Å². The zero-order chi connectivity index (χ0) is 31.1. The third-order valence-corrected chi connectivity index (χ3v) is 6.21. The van der Waals surface area contributed by atoms with Crippen LogP contribution in [0.1, 0.15) is 37.8 Å². The molecule has 0 saturated heterocycles. The minimum atomic E-state index is -4.73. The van der Waals surface area contributed by atoms with Crippen LogP contribution in [0.3, 0.4) is 0 Å². The number of rotatable bonds is 6. The Morgan fingerprint density at radius 2 is 1.52 bits per heavy atom. The predicted octanol–water partition coefficient (Wildman–Crippen LogP) is 3.17. The Kier molecular flexibility index (Phi) is 10.5. The van der Waals surface area contributed by atoms with E-state index in [4.69, 9.17) is 4.74 Å². The summed E-state index contributed by atoms with van der Waals surface area (Å²) in [5, 5.41) is 8.86. The number of carbonyl (C=O) groups excluding carboxylic acids is 4. The van der Waals surface area contributed by atoms with Crippen molar-refractivity contribution in [3.05, 3.63) is 59.7 Å². The van der Waals surface area contributed by atoms with Crippen LogP contribution in [0.4, 0.5) is 22.0 Å². The van der Waals surface area contributed by atoms with Crippen LogP contribution in [0.2, 0.25) is 0 Å². The zero-order valence-electron chi connectivity index (χ0n) is 22.8. The summed E-state index contributed by atoms with van der Waals surface area (Å²) in [6, 6.07) is 8.49. The van der Waals surface area contributed by atoms with E-state index in [9.17, 15) is 41.1 Å². The van der Waals surface area contributed by atoms with E-state index in [1.807, 2.05) is 0 Å². The van der Waals surface area contributed by atoms with Crippen molar-refractivity contribution >= 4 is 23.6 Å². The van der Waals surface area contributed by atoms with Crippen molar-refractivity contribution in [3.63, 3.8) is 0 Å². The molecular formula is C28H31F5N4O5. The first-order valence-electron chi connectivity index (χ1n) is 13.0. The summed E-state index contributed by atoms with van der Waals surface area (Å²) in [4.78, 5) is 51.2. The number of benzene rings is 2. The number of halogens is 5. The summed E-state index contributed by atoms with van der Waals surface area (Å²) < 4.78 is 71.8. The molecule has 4 bridgehead atoms. The molecule has 2 aromatic rings. The van der Waals surface area contributed by atoms with Gasteiger partial charge in [-0.25, -0.2) is 8.78 Å². The Balaban J connectivity index is 2.04. The Morgan fingerprint density at radius 3 is 2.07 bits per heavy atom. The third-order valence-electron chi connectivity index (χ3n) is 6.21. The predicted molar refractivity (Wildman–Crippen MR) is 141 cm³/mol. The topological polar surface area (TPSA) is 126 Å². The second-order valence-electron chi connectivity index (χ2n) is 10.1. The molecular weight excluding hydrogens is 567 g/mol. The maximum atomic E-state index is 13.8. The van der Waals surface area contributed by atoms with E-state index in [2.05, 4.69) is 16.0 Å². The summed E-state index contributed by atoms with van der Waals surface area (Å²) in [5.41, 5.74) is 0.988. The van der Waals surface area contributed by atoms with Gasteiger partial charge in [0, 0.05) is 26.2 Å². The molecule has 0 unspecified atom stereocenters. The molecule has 0 radical (unpaired) electrons. The Bertz CT molecular complexity index is 1300. The van der Waals surface area contributed by atoms with Gasteiger partial charge in [0.1, 0.15) is 36.2 Å². The van der Waals surface area contributed by atoms with E-state index in [0.717, 1.165) is 0 Å². The van der Waals surface area contributed by atoms with E-state index in [1.54, 1.807) is 47.8 Å². The van der Waals surface area contributed by atoms with Gasteiger partial charge in [0.15, 0.2) is 0 Å². The number of amides is 4. The lowest BCUT2D eigenvalue weighted by molar-refractivity contribution is -0.141. The highest BCUT2D eigenvalue weighted by molar-refractivity contribution is 5.94. The lowest BCUT2D eigenvalue weighted by Crippen LogP contribution is -2.57. The smallest absolute Gasteiger partial charge is 0.405 e. The Labute approximate surface area is 238 Å². The quantitative estimate of drug-likeness (QED) is 0.381. The maximum Gasteiger partial charge on any atom is 0.405 e. The second kappa shape index (κ2) is 13.6. The van der Waals surface area contributed by atoms with Gasteiger partial charge in [0.25, 0.3) is 0 Å². The zero-order valence-corrected chi connectivity index (χ0v) is 22.8. The number of hydrogen-bond donors (Lipinski definition) is 4. The van der Waals surface area contributed by atoms with Gasteiger partial charge in [0.05, 0.1) is 0 Å². The van der Waals surface area contributed by atoms with Crippen molar-refractivity contribution in [1.29, 1.82) is 0 Å². The highest BCUT2D eigenvalue weighted by Gasteiger charge is 2.34. The third kappa shape index (κ3) is 10.6. The van der Waals surface area contributed by atoms with Gasteiger partial charge in [-0.1, -0.05) is 24.3 Å². The van der Waals surface area contributed by atoms with Crippen molar-refractivity contribution < 1.29 is 45.9 Å². The molecule has 4 amide bonds. The maximum absolute atomic E-state index is 13.8. The summed E-state index contributed by atoms with van der Waals surface area (Å²) >= 11 is 0. The molecule has 1 aliphatic heterocycles. The molecule has 0 fully saturated rings. The van der Waals surface area contributed by atoms with Crippen LogP contribution in [0.25, 0.3) is 0 Å². The van der Waals surface area contributed by atoms with E-state index in [0.29, 0.717) is 29.5 Å². The van der Waals surface area contributed by atoms with Crippen molar-refractivity contribution in [2.24, 2.45) is 0 Å². The van der Waals surface area contributed by atoms with Crippen molar-refractivity contribution in [2.45, 2.75) is 69.8 Å². The van der Waals surface area contributed by atoms with Gasteiger partial charge in [-0.2, -0.15) is 13.2 Å². The van der Waals surface area contributed by atoms with Crippen LogP contribution in [0.15, 0.2) is 48.5 Å². The SMILES string of the molecule is CC(=O)N[C@H]1Cc2cccc(c2)Oc2cccc(c2)C[C@@H](C(=O)NCC(F)(F)F)NC(=O)[C@H](CCC(C)(F)F)NC1=O. The molecule has 2 aromatic carbocycles.